The van der Waals surface area contributed by atoms with Crippen LogP contribution in [0.5, 0.6) is 0 Å². The van der Waals surface area contributed by atoms with Gasteiger partial charge in [-0.2, -0.15) is 0 Å². The summed E-state index contributed by atoms with van der Waals surface area (Å²) in [6, 6.07) is 24.3. The molecule has 0 unspecified atom stereocenters. The minimum absolute atomic E-state index is 0.00825. The van der Waals surface area contributed by atoms with Gasteiger partial charge in [-0.3, -0.25) is 13.8 Å². The van der Waals surface area contributed by atoms with Crippen LogP contribution in [-0.4, -0.2) is 29.3 Å². The van der Waals surface area contributed by atoms with E-state index in [9.17, 15) is 21.6 Å². The Morgan fingerprint density at radius 2 is 1.44 bits per heavy atom. The minimum Gasteiger partial charge on any atom is -0.325 e. The predicted molar refractivity (Wildman–Crippen MR) is 154 cm³/mol. The highest BCUT2D eigenvalue weighted by Gasteiger charge is 2.27. The minimum atomic E-state index is -4.15. The van der Waals surface area contributed by atoms with Gasteiger partial charge < -0.3 is 5.32 Å². The first kappa shape index (κ1) is 28.4. The fourth-order valence-corrected chi connectivity index (χ4v) is 6.42. The first-order valence-corrected chi connectivity index (χ1v) is 15.2. The van der Waals surface area contributed by atoms with Gasteiger partial charge in [0.25, 0.3) is 20.0 Å². The Morgan fingerprint density at radius 3 is 2.08 bits per heavy atom. The number of benzene rings is 4. The molecule has 4 aromatic rings. The van der Waals surface area contributed by atoms with Crippen molar-refractivity contribution < 1.29 is 21.6 Å². The monoisotopic (exact) mass is 603 g/mol. The van der Waals surface area contributed by atoms with E-state index in [1.807, 2.05) is 13.0 Å². The van der Waals surface area contributed by atoms with Gasteiger partial charge in [0.05, 0.1) is 25.5 Å². The number of carbonyl (C=O) groups excluding carboxylic acids is 1. The molecule has 0 saturated heterocycles. The highest BCUT2D eigenvalue weighted by atomic mass is 35.5. The second-order valence-electron chi connectivity index (χ2n) is 8.47. The number of amides is 1. The number of nitrogens with one attached hydrogen (secondary N) is 2. The summed E-state index contributed by atoms with van der Waals surface area (Å²) in [5.74, 6) is -0.658. The fourth-order valence-electron chi connectivity index (χ4n) is 3.65. The predicted octanol–water partition coefficient (Wildman–Crippen LogP) is 5.94. The normalized spacial score (nSPS) is 11.6. The molecule has 0 saturated carbocycles. The number of nitrogens with zero attached hydrogens (tertiary/aromatic N) is 1. The van der Waals surface area contributed by atoms with E-state index in [-0.39, 0.29) is 31.2 Å². The van der Waals surface area contributed by atoms with Crippen molar-refractivity contribution in [2.24, 2.45) is 0 Å². The molecule has 202 valence electrons. The van der Waals surface area contributed by atoms with Gasteiger partial charge in [0.15, 0.2) is 0 Å². The van der Waals surface area contributed by atoms with Crippen LogP contribution in [-0.2, 0) is 24.8 Å². The van der Waals surface area contributed by atoms with Crippen LogP contribution in [0.25, 0.3) is 0 Å². The lowest BCUT2D eigenvalue weighted by molar-refractivity contribution is -0.114. The maximum atomic E-state index is 13.4. The van der Waals surface area contributed by atoms with Gasteiger partial charge in [-0.05, 0) is 79.2 Å². The lowest BCUT2D eigenvalue weighted by Crippen LogP contribution is -2.38. The average Bonchev–Trinajstić information content (AvgIpc) is 2.89. The van der Waals surface area contributed by atoms with Crippen LogP contribution in [0.4, 0.5) is 17.1 Å². The van der Waals surface area contributed by atoms with Gasteiger partial charge in [-0.25, -0.2) is 16.8 Å². The summed E-state index contributed by atoms with van der Waals surface area (Å²) < 4.78 is 55.8. The van der Waals surface area contributed by atoms with E-state index < -0.39 is 32.5 Å². The molecule has 0 radical (unpaired) electrons. The first-order valence-electron chi connectivity index (χ1n) is 11.5. The van der Waals surface area contributed by atoms with Gasteiger partial charge in [0, 0.05) is 11.4 Å². The Morgan fingerprint density at radius 1 is 0.744 bits per heavy atom. The van der Waals surface area contributed by atoms with Crippen molar-refractivity contribution in [3.8, 4) is 0 Å². The molecule has 0 heterocycles. The van der Waals surface area contributed by atoms with E-state index in [2.05, 4.69) is 10.0 Å². The van der Waals surface area contributed by atoms with Crippen molar-refractivity contribution in [1.82, 2.24) is 0 Å². The Hall–Kier alpha value is -3.57. The van der Waals surface area contributed by atoms with Gasteiger partial charge >= 0.3 is 0 Å². The van der Waals surface area contributed by atoms with Crippen LogP contribution in [0.2, 0.25) is 10.0 Å². The quantitative estimate of drug-likeness (QED) is 0.246. The standard InChI is InChI=1S/C27H23Cl2N3O5S2/c1-19-6-5-7-21(16-19)31-38(34,35)23-13-10-20(11-14-23)30-27(33)18-32(22-12-15-25(28)26(29)17-22)39(36,37)24-8-3-2-4-9-24/h2-17,31H,18H2,1H3,(H,30,33). The topological polar surface area (TPSA) is 113 Å². The summed E-state index contributed by atoms with van der Waals surface area (Å²) in [6.07, 6.45) is 0. The lowest BCUT2D eigenvalue weighted by Gasteiger charge is -2.24. The van der Waals surface area contributed by atoms with Gasteiger partial charge in [-0.1, -0.05) is 53.5 Å². The molecule has 0 spiro atoms. The van der Waals surface area contributed by atoms with Crippen molar-refractivity contribution in [3.05, 3.63) is 113 Å². The highest BCUT2D eigenvalue weighted by Crippen LogP contribution is 2.30. The second kappa shape index (κ2) is 11.7. The second-order valence-corrected chi connectivity index (χ2v) is 12.8. The molecule has 1 amide bonds. The molecule has 0 aliphatic rings. The Bertz CT molecular complexity index is 1710. The number of rotatable bonds is 9. The summed E-state index contributed by atoms with van der Waals surface area (Å²) in [7, 11) is -8.01. The van der Waals surface area contributed by atoms with Crippen molar-refractivity contribution in [3.63, 3.8) is 0 Å². The molecule has 0 aromatic heterocycles. The Labute approximate surface area is 237 Å². The zero-order valence-corrected chi connectivity index (χ0v) is 23.7. The number of halogens is 2. The number of carbonyl (C=O) groups is 1. The Balaban J connectivity index is 1.54. The molecular weight excluding hydrogens is 581 g/mol. The van der Waals surface area contributed by atoms with E-state index >= 15 is 0 Å². The SMILES string of the molecule is Cc1cccc(NS(=O)(=O)c2ccc(NC(=O)CN(c3ccc(Cl)c(Cl)c3)S(=O)(=O)c3ccccc3)cc2)c1. The number of hydrogen-bond acceptors (Lipinski definition) is 5. The van der Waals surface area contributed by atoms with Crippen LogP contribution in [0.15, 0.2) is 107 Å². The number of hydrogen-bond donors (Lipinski definition) is 2. The summed E-state index contributed by atoms with van der Waals surface area (Å²) >= 11 is 12.1. The van der Waals surface area contributed by atoms with E-state index in [1.165, 1.54) is 54.6 Å². The van der Waals surface area contributed by atoms with Crippen molar-refractivity contribution in [1.29, 1.82) is 0 Å². The van der Waals surface area contributed by atoms with E-state index in [1.54, 1.807) is 36.4 Å². The van der Waals surface area contributed by atoms with Crippen molar-refractivity contribution in [2.45, 2.75) is 16.7 Å². The van der Waals surface area contributed by atoms with Crippen LogP contribution < -0.4 is 14.3 Å². The summed E-state index contributed by atoms with van der Waals surface area (Å²) in [5, 5.41) is 2.96. The van der Waals surface area contributed by atoms with Gasteiger partial charge in [0.1, 0.15) is 6.54 Å². The summed E-state index contributed by atoms with van der Waals surface area (Å²) in [5.41, 5.74) is 1.75. The van der Waals surface area contributed by atoms with E-state index in [0.717, 1.165) is 9.87 Å². The van der Waals surface area contributed by atoms with Crippen molar-refractivity contribution in [2.75, 3.05) is 20.9 Å². The maximum Gasteiger partial charge on any atom is 0.264 e. The highest BCUT2D eigenvalue weighted by molar-refractivity contribution is 7.93. The van der Waals surface area contributed by atoms with Crippen LogP contribution >= 0.6 is 23.2 Å². The smallest absolute Gasteiger partial charge is 0.264 e. The van der Waals surface area contributed by atoms with Gasteiger partial charge in [0.2, 0.25) is 5.91 Å². The third kappa shape index (κ3) is 6.90. The third-order valence-corrected chi connectivity index (χ3v) is 9.45. The molecule has 0 aliphatic carbocycles. The lowest BCUT2D eigenvalue weighted by atomic mass is 10.2. The zero-order valence-electron chi connectivity index (χ0n) is 20.5. The molecule has 39 heavy (non-hydrogen) atoms. The molecule has 0 bridgehead atoms. The van der Waals surface area contributed by atoms with Crippen LogP contribution in [0.1, 0.15) is 5.56 Å². The average molecular weight is 605 g/mol. The summed E-state index contributed by atoms with van der Waals surface area (Å²) in [6.45, 7) is 1.27. The summed E-state index contributed by atoms with van der Waals surface area (Å²) in [4.78, 5) is 13.0. The van der Waals surface area contributed by atoms with Crippen LogP contribution in [0, 0.1) is 6.92 Å². The molecule has 8 nitrogen and oxygen atoms in total. The van der Waals surface area contributed by atoms with Crippen molar-refractivity contribution >= 4 is 66.2 Å². The molecule has 0 aliphatic heterocycles. The number of aryl methyl sites for hydroxylation is 1. The molecule has 0 fully saturated rings. The number of sulfonamides is 2. The zero-order chi connectivity index (χ0) is 28.2. The molecule has 0 atom stereocenters. The maximum absolute atomic E-state index is 13.4. The molecular formula is C27H23Cl2N3O5S2. The number of anilines is 3. The Kier molecular flexibility index (Phi) is 8.51. The van der Waals surface area contributed by atoms with Crippen LogP contribution in [0.3, 0.4) is 0 Å². The largest absolute Gasteiger partial charge is 0.325 e. The third-order valence-electron chi connectivity index (χ3n) is 5.53. The van der Waals surface area contributed by atoms with Gasteiger partial charge in [-0.15, -0.1) is 0 Å². The van der Waals surface area contributed by atoms with E-state index in [0.29, 0.717) is 5.69 Å². The first-order chi connectivity index (χ1) is 18.5. The molecule has 2 N–H and O–H groups in total. The van der Waals surface area contributed by atoms with E-state index in [4.69, 9.17) is 23.2 Å². The molecule has 12 heteroatoms. The fraction of sp³-hybridized carbons (Fsp3) is 0.0741. The molecule has 4 rings (SSSR count). The molecule has 4 aromatic carbocycles.